The Labute approximate surface area is 130 Å². The maximum atomic E-state index is 11.7. The van der Waals surface area contributed by atoms with Gasteiger partial charge in [-0.3, -0.25) is 0 Å². The van der Waals surface area contributed by atoms with E-state index in [4.69, 9.17) is 9.84 Å². The van der Waals surface area contributed by atoms with Gasteiger partial charge in [-0.15, -0.1) is 0 Å². The Balaban J connectivity index is 1.68. The number of esters is 1. The van der Waals surface area contributed by atoms with Crippen LogP contribution in [0.25, 0.3) is 6.08 Å². The SMILES string of the molecule is O=C(OCCC=CC=Cc1ccccc1)c1ccc(O)cc1. The summed E-state index contributed by atoms with van der Waals surface area (Å²) in [5.41, 5.74) is 1.58. The van der Waals surface area contributed by atoms with Gasteiger partial charge in [0, 0.05) is 0 Å². The van der Waals surface area contributed by atoms with E-state index in [-0.39, 0.29) is 11.7 Å². The minimum Gasteiger partial charge on any atom is -0.508 e. The smallest absolute Gasteiger partial charge is 0.338 e. The highest BCUT2D eigenvalue weighted by Gasteiger charge is 2.05. The molecule has 2 aromatic rings. The van der Waals surface area contributed by atoms with Crippen LogP contribution in [0.15, 0.2) is 72.8 Å². The van der Waals surface area contributed by atoms with E-state index in [0.29, 0.717) is 18.6 Å². The van der Waals surface area contributed by atoms with Gasteiger partial charge in [-0.2, -0.15) is 0 Å². The van der Waals surface area contributed by atoms with Crippen molar-refractivity contribution in [2.75, 3.05) is 6.61 Å². The predicted molar refractivity (Wildman–Crippen MR) is 87.6 cm³/mol. The monoisotopic (exact) mass is 294 g/mol. The van der Waals surface area contributed by atoms with Gasteiger partial charge >= 0.3 is 5.97 Å². The summed E-state index contributed by atoms with van der Waals surface area (Å²) < 4.78 is 5.14. The molecule has 0 aromatic heterocycles. The highest BCUT2D eigenvalue weighted by molar-refractivity contribution is 5.89. The maximum Gasteiger partial charge on any atom is 0.338 e. The van der Waals surface area contributed by atoms with Crippen molar-refractivity contribution in [2.24, 2.45) is 0 Å². The summed E-state index contributed by atoms with van der Waals surface area (Å²) in [5.74, 6) is -0.252. The zero-order valence-electron chi connectivity index (χ0n) is 12.2. The molecule has 0 atom stereocenters. The van der Waals surface area contributed by atoms with Crippen LogP contribution in [0.2, 0.25) is 0 Å². The van der Waals surface area contributed by atoms with Crippen LogP contribution >= 0.6 is 0 Å². The van der Waals surface area contributed by atoms with Gasteiger partial charge in [0.1, 0.15) is 5.75 Å². The molecule has 0 aliphatic carbocycles. The second-order valence-electron chi connectivity index (χ2n) is 4.67. The number of benzene rings is 2. The van der Waals surface area contributed by atoms with Crippen molar-refractivity contribution in [3.8, 4) is 5.75 Å². The molecule has 0 spiro atoms. The lowest BCUT2D eigenvalue weighted by Crippen LogP contribution is -2.05. The van der Waals surface area contributed by atoms with Gasteiger partial charge in [-0.1, -0.05) is 54.6 Å². The lowest BCUT2D eigenvalue weighted by atomic mass is 10.2. The lowest BCUT2D eigenvalue weighted by Gasteiger charge is -2.02. The quantitative estimate of drug-likeness (QED) is 0.493. The Kier molecular flexibility index (Phi) is 6.00. The Morgan fingerprint density at radius 3 is 2.45 bits per heavy atom. The average molecular weight is 294 g/mol. The molecular formula is C19H18O3. The highest BCUT2D eigenvalue weighted by Crippen LogP contribution is 2.10. The van der Waals surface area contributed by atoms with Crippen LogP contribution in [0.1, 0.15) is 22.3 Å². The third-order valence-electron chi connectivity index (χ3n) is 2.96. The summed E-state index contributed by atoms with van der Waals surface area (Å²) >= 11 is 0. The van der Waals surface area contributed by atoms with Gasteiger partial charge in [-0.25, -0.2) is 4.79 Å². The second-order valence-corrected chi connectivity index (χ2v) is 4.67. The summed E-state index contributed by atoms with van der Waals surface area (Å²) in [5, 5.41) is 9.15. The molecule has 0 unspecified atom stereocenters. The zero-order chi connectivity index (χ0) is 15.6. The van der Waals surface area contributed by atoms with E-state index in [2.05, 4.69) is 0 Å². The number of allylic oxidation sites excluding steroid dienone is 2. The number of hydrogen-bond acceptors (Lipinski definition) is 3. The van der Waals surface area contributed by atoms with Crippen molar-refractivity contribution in [1.82, 2.24) is 0 Å². The van der Waals surface area contributed by atoms with Crippen molar-refractivity contribution < 1.29 is 14.6 Å². The molecule has 0 bridgehead atoms. The van der Waals surface area contributed by atoms with Gasteiger partial charge in [0.05, 0.1) is 12.2 Å². The van der Waals surface area contributed by atoms with Crippen LogP contribution in [-0.2, 0) is 4.74 Å². The zero-order valence-corrected chi connectivity index (χ0v) is 12.2. The molecule has 0 saturated carbocycles. The number of phenols is 1. The number of rotatable bonds is 6. The fraction of sp³-hybridized carbons (Fsp3) is 0.105. The first kappa shape index (κ1) is 15.6. The van der Waals surface area contributed by atoms with Gasteiger partial charge < -0.3 is 9.84 Å². The first-order chi connectivity index (χ1) is 10.8. The van der Waals surface area contributed by atoms with Crippen LogP contribution in [0.5, 0.6) is 5.75 Å². The molecule has 0 aliphatic heterocycles. The second kappa shape index (κ2) is 8.47. The number of aromatic hydroxyl groups is 1. The Bertz CT molecular complexity index is 640. The molecule has 0 fully saturated rings. The van der Waals surface area contributed by atoms with E-state index in [0.717, 1.165) is 5.56 Å². The fourth-order valence-corrected chi connectivity index (χ4v) is 1.81. The van der Waals surface area contributed by atoms with Crippen LogP contribution in [0, 0.1) is 0 Å². The molecule has 1 N–H and O–H groups in total. The standard InChI is InChI=1S/C19H18O3/c20-18-13-11-17(12-14-18)19(21)22-15-7-2-1-4-8-16-9-5-3-6-10-16/h1-6,8-14,20H,7,15H2. The fourth-order valence-electron chi connectivity index (χ4n) is 1.81. The van der Waals surface area contributed by atoms with Crippen molar-refractivity contribution in [3.63, 3.8) is 0 Å². The third kappa shape index (κ3) is 5.29. The topological polar surface area (TPSA) is 46.5 Å². The number of carbonyl (C=O) groups excluding carboxylic acids is 1. The van der Waals surface area contributed by atoms with Crippen molar-refractivity contribution in [3.05, 3.63) is 84.0 Å². The molecule has 0 radical (unpaired) electrons. The first-order valence-corrected chi connectivity index (χ1v) is 7.10. The Morgan fingerprint density at radius 1 is 1.00 bits per heavy atom. The summed E-state index contributed by atoms with van der Waals surface area (Å²) in [6.45, 7) is 0.329. The largest absolute Gasteiger partial charge is 0.508 e. The molecule has 2 aromatic carbocycles. The van der Waals surface area contributed by atoms with Gasteiger partial charge in [0.25, 0.3) is 0 Å². The van der Waals surface area contributed by atoms with Crippen LogP contribution < -0.4 is 0 Å². The van der Waals surface area contributed by atoms with E-state index in [9.17, 15) is 4.79 Å². The average Bonchev–Trinajstić information content (AvgIpc) is 2.55. The van der Waals surface area contributed by atoms with Gasteiger partial charge in [0.15, 0.2) is 0 Å². The summed E-state index contributed by atoms with van der Waals surface area (Å²) in [4.78, 5) is 11.7. The molecule has 0 amide bonds. The Hall–Kier alpha value is -2.81. The molecule has 22 heavy (non-hydrogen) atoms. The number of carbonyl (C=O) groups is 1. The van der Waals surface area contributed by atoms with Crippen molar-refractivity contribution >= 4 is 12.0 Å². The molecule has 3 heteroatoms. The third-order valence-corrected chi connectivity index (χ3v) is 2.96. The molecule has 0 saturated heterocycles. The van der Waals surface area contributed by atoms with E-state index >= 15 is 0 Å². The van der Waals surface area contributed by atoms with E-state index in [1.807, 2.05) is 54.6 Å². The predicted octanol–water partition coefficient (Wildman–Crippen LogP) is 4.21. The maximum absolute atomic E-state index is 11.7. The number of phenolic OH excluding ortho intramolecular Hbond substituents is 1. The number of ether oxygens (including phenoxy) is 1. The van der Waals surface area contributed by atoms with Crippen LogP contribution in [0.4, 0.5) is 0 Å². The van der Waals surface area contributed by atoms with Gasteiger partial charge in [-0.05, 0) is 36.2 Å². The van der Waals surface area contributed by atoms with Crippen molar-refractivity contribution in [1.29, 1.82) is 0 Å². The molecule has 0 aliphatic rings. The van der Waals surface area contributed by atoms with E-state index in [1.54, 1.807) is 0 Å². The summed E-state index contributed by atoms with van der Waals surface area (Å²) in [6.07, 6.45) is 8.50. The van der Waals surface area contributed by atoms with Crippen molar-refractivity contribution in [2.45, 2.75) is 6.42 Å². The minimum absolute atomic E-state index is 0.129. The summed E-state index contributed by atoms with van der Waals surface area (Å²) in [7, 11) is 0. The van der Waals surface area contributed by atoms with E-state index in [1.165, 1.54) is 24.3 Å². The molecular weight excluding hydrogens is 276 g/mol. The highest BCUT2D eigenvalue weighted by atomic mass is 16.5. The summed E-state index contributed by atoms with van der Waals surface area (Å²) in [6, 6.07) is 16.0. The molecule has 112 valence electrons. The lowest BCUT2D eigenvalue weighted by molar-refractivity contribution is 0.0511. The van der Waals surface area contributed by atoms with E-state index < -0.39 is 0 Å². The number of hydrogen-bond donors (Lipinski definition) is 1. The van der Waals surface area contributed by atoms with Gasteiger partial charge in [0.2, 0.25) is 0 Å². The molecule has 2 rings (SSSR count). The molecule has 3 nitrogen and oxygen atoms in total. The van der Waals surface area contributed by atoms with Crippen LogP contribution in [0.3, 0.4) is 0 Å². The molecule has 0 heterocycles. The Morgan fingerprint density at radius 2 is 1.73 bits per heavy atom. The van der Waals surface area contributed by atoms with Crippen LogP contribution in [-0.4, -0.2) is 17.7 Å². The first-order valence-electron chi connectivity index (χ1n) is 7.10. The minimum atomic E-state index is -0.381. The normalized spacial score (nSPS) is 11.1.